The second-order valence-corrected chi connectivity index (χ2v) is 4.17. The van der Waals surface area contributed by atoms with Gasteiger partial charge in [-0.2, -0.15) is 0 Å². The molecular weight excluding hydrogens is 158 g/mol. The monoisotopic (exact) mass is 175 g/mol. The van der Waals surface area contributed by atoms with Gasteiger partial charge in [0.1, 0.15) is 0 Å². The number of hydrogen-bond acceptors (Lipinski definition) is 1. The molecule has 0 radical (unpaired) electrons. The summed E-state index contributed by atoms with van der Waals surface area (Å²) in [5.74, 6) is 0. The van der Waals surface area contributed by atoms with Gasteiger partial charge in [0.2, 0.25) is 0 Å². The summed E-state index contributed by atoms with van der Waals surface area (Å²) in [5, 5.41) is 0. The van der Waals surface area contributed by atoms with Crippen molar-refractivity contribution in [2.75, 3.05) is 0 Å². The first-order chi connectivity index (χ1) is 6.05. The minimum atomic E-state index is 0.170. The topological polar surface area (TPSA) is 12.9 Å². The smallest absolute Gasteiger partial charge is 0.0663 e. The maximum atomic E-state index is 4.35. The summed E-state index contributed by atoms with van der Waals surface area (Å²) in [7, 11) is 0. The summed E-state index contributed by atoms with van der Waals surface area (Å²) >= 11 is 0. The van der Waals surface area contributed by atoms with Crippen molar-refractivity contribution in [1.29, 1.82) is 0 Å². The predicted octanol–water partition coefficient (Wildman–Crippen LogP) is 3.53. The van der Waals surface area contributed by atoms with Gasteiger partial charge in [-0.25, -0.2) is 0 Å². The maximum absolute atomic E-state index is 4.35. The summed E-state index contributed by atoms with van der Waals surface area (Å²) in [4.78, 5) is 4.35. The number of allylic oxidation sites excluding steroid dienone is 2. The summed E-state index contributed by atoms with van der Waals surface area (Å²) < 4.78 is 0. The van der Waals surface area contributed by atoms with Crippen LogP contribution in [0.25, 0.3) is 5.57 Å². The van der Waals surface area contributed by atoms with E-state index in [1.54, 1.807) is 0 Å². The van der Waals surface area contributed by atoms with Crippen LogP contribution in [0.15, 0.2) is 30.5 Å². The fourth-order valence-corrected chi connectivity index (χ4v) is 1.49. The lowest BCUT2D eigenvalue weighted by atomic mass is 9.84. The number of pyridine rings is 1. The molecule has 0 aliphatic rings. The van der Waals surface area contributed by atoms with Crippen molar-refractivity contribution in [2.24, 2.45) is 5.41 Å². The van der Waals surface area contributed by atoms with Crippen LogP contribution in [0.2, 0.25) is 0 Å². The molecule has 0 saturated heterocycles. The van der Waals surface area contributed by atoms with Crippen molar-refractivity contribution in [1.82, 2.24) is 4.98 Å². The largest absolute Gasteiger partial charge is 0.257 e. The average Bonchev–Trinajstić information content (AvgIpc) is 2.05. The van der Waals surface area contributed by atoms with Gasteiger partial charge in [0.05, 0.1) is 5.69 Å². The van der Waals surface area contributed by atoms with Crippen molar-refractivity contribution in [3.05, 3.63) is 36.2 Å². The molecule has 0 saturated carbocycles. The van der Waals surface area contributed by atoms with Crippen LogP contribution in [0.5, 0.6) is 0 Å². The molecule has 1 aromatic heterocycles. The lowest BCUT2D eigenvalue weighted by molar-refractivity contribution is 0.564. The van der Waals surface area contributed by atoms with E-state index in [4.69, 9.17) is 0 Å². The third kappa shape index (κ3) is 2.41. The highest BCUT2D eigenvalue weighted by Gasteiger charge is 2.18. The fraction of sp³-hybridized carbons (Fsp3) is 0.417. The van der Waals surface area contributed by atoms with E-state index in [-0.39, 0.29) is 5.41 Å². The van der Waals surface area contributed by atoms with Crippen LogP contribution in [-0.4, -0.2) is 4.98 Å². The number of hydrogen-bond donors (Lipinski definition) is 0. The minimum Gasteiger partial charge on any atom is -0.257 e. The second kappa shape index (κ2) is 3.73. The molecule has 0 spiro atoms. The Morgan fingerprint density at radius 2 is 2.00 bits per heavy atom. The van der Waals surface area contributed by atoms with E-state index in [0.717, 1.165) is 5.69 Å². The highest BCUT2D eigenvalue weighted by Crippen LogP contribution is 2.32. The number of aromatic nitrogens is 1. The highest BCUT2D eigenvalue weighted by atomic mass is 14.7. The van der Waals surface area contributed by atoms with Gasteiger partial charge in [-0.05, 0) is 30.0 Å². The molecular formula is C12H17N. The Hall–Kier alpha value is -1.11. The first-order valence-electron chi connectivity index (χ1n) is 4.64. The molecule has 1 heteroatoms. The molecule has 0 aliphatic carbocycles. The van der Waals surface area contributed by atoms with E-state index in [0.29, 0.717) is 0 Å². The normalized spacial score (nSPS) is 13.1. The lowest BCUT2D eigenvalue weighted by Crippen LogP contribution is -2.09. The molecule has 1 heterocycles. The van der Waals surface area contributed by atoms with Crippen molar-refractivity contribution in [2.45, 2.75) is 27.7 Å². The predicted molar refractivity (Wildman–Crippen MR) is 57.3 cm³/mol. The van der Waals surface area contributed by atoms with Crippen LogP contribution >= 0.6 is 0 Å². The van der Waals surface area contributed by atoms with Gasteiger partial charge in [0.15, 0.2) is 0 Å². The number of nitrogens with zero attached hydrogens (tertiary/aromatic N) is 1. The molecule has 1 rings (SSSR count). The summed E-state index contributed by atoms with van der Waals surface area (Å²) in [6, 6.07) is 6.03. The first kappa shape index (κ1) is 9.97. The van der Waals surface area contributed by atoms with Crippen molar-refractivity contribution in [3.63, 3.8) is 0 Å². The van der Waals surface area contributed by atoms with Gasteiger partial charge in [0, 0.05) is 6.20 Å². The van der Waals surface area contributed by atoms with Gasteiger partial charge in [-0.3, -0.25) is 4.98 Å². The molecule has 0 aliphatic heterocycles. The molecule has 0 amide bonds. The zero-order valence-corrected chi connectivity index (χ0v) is 8.83. The minimum absolute atomic E-state index is 0.170. The second-order valence-electron chi connectivity index (χ2n) is 4.17. The van der Waals surface area contributed by atoms with Gasteiger partial charge in [0.25, 0.3) is 0 Å². The first-order valence-corrected chi connectivity index (χ1v) is 4.64. The molecule has 0 bridgehead atoms. The Morgan fingerprint density at radius 1 is 1.31 bits per heavy atom. The molecule has 0 unspecified atom stereocenters. The zero-order valence-electron chi connectivity index (χ0n) is 8.83. The lowest BCUT2D eigenvalue weighted by Gasteiger charge is -2.22. The van der Waals surface area contributed by atoms with Crippen molar-refractivity contribution >= 4 is 5.57 Å². The van der Waals surface area contributed by atoms with Crippen molar-refractivity contribution < 1.29 is 0 Å². The Labute approximate surface area is 80.5 Å². The molecule has 0 aromatic carbocycles. The molecule has 0 fully saturated rings. The SMILES string of the molecule is C/C=C(\c1ccccn1)C(C)(C)C. The summed E-state index contributed by atoms with van der Waals surface area (Å²) in [5.41, 5.74) is 2.55. The van der Waals surface area contributed by atoms with E-state index in [1.165, 1.54) is 5.57 Å². The van der Waals surface area contributed by atoms with Gasteiger partial charge in [-0.15, -0.1) is 0 Å². The fourth-order valence-electron chi connectivity index (χ4n) is 1.49. The average molecular weight is 175 g/mol. The van der Waals surface area contributed by atoms with Gasteiger partial charge in [-0.1, -0.05) is 32.9 Å². The summed E-state index contributed by atoms with van der Waals surface area (Å²) in [6.07, 6.45) is 3.98. The molecule has 1 aromatic rings. The zero-order chi connectivity index (χ0) is 9.90. The maximum Gasteiger partial charge on any atom is 0.0663 e. The van der Waals surface area contributed by atoms with E-state index >= 15 is 0 Å². The van der Waals surface area contributed by atoms with Crippen LogP contribution in [0, 0.1) is 5.41 Å². The Bertz CT molecular complexity index is 291. The van der Waals surface area contributed by atoms with E-state index in [2.05, 4.69) is 44.8 Å². The van der Waals surface area contributed by atoms with E-state index in [9.17, 15) is 0 Å². The Balaban J connectivity index is 3.08. The van der Waals surface area contributed by atoms with Crippen molar-refractivity contribution in [3.8, 4) is 0 Å². The van der Waals surface area contributed by atoms with Crippen LogP contribution in [0.1, 0.15) is 33.4 Å². The molecule has 0 N–H and O–H groups in total. The van der Waals surface area contributed by atoms with Gasteiger partial charge >= 0.3 is 0 Å². The Kier molecular flexibility index (Phi) is 2.86. The van der Waals surface area contributed by atoms with E-state index in [1.807, 2.05) is 18.3 Å². The quantitative estimate of drug-likeness (QED) is 0.636. The Morgan fingerprint density at radius 3 is 2.38 bits per heavy atom. The molecule has 1 nitrogen and oxygen atoms in total. The third-order valence-electron chi connectivity index (χ3n) is 2.04. The number of rotatable bonds is 1. The van der Waals surface area contributed by atoms with Crippen LogP contribution in [-0.2, 0) is 0 Å². The van der Waals surface area contributed by atoms with E-state index < -0.39 is 0 Å². The highest BCUT2D eigenvalue weighted by molar-refractivity contribution is 5.66. The summed E-state index contributed by atoms with van der Waals surface area (Å²) in [6.45, 7) is 8.68. The van der Waals surface area contributed by atoms with Crippen LogP contribution in [0.3, 0.4) is 0 Å². The van der Waals surface area contributed by atoms with Crippen LogP contribution in [0.4, 0.5) is 0 Å². The molecule has 70 valence electrons. The third-order valence-corrected chi connectivity index (χ3v) is 2.04. The molecule has 13 heavy (non-hydrogen) atoms. The van der Waals surface area contributed by atoms with Crippen LogP contribution < -0.4 is 0 Å². The standard InChI is InChI=1S/C12H17N/c1-5-10(12(2,3)4)11-8-6-7-9-13-11/h5-9H,1-4H3/b10-5+. The van der Waals surface area contributed by atoms with Gasteiger partial charge < -0.3 is 0 Å². The molecule has 0 atom stereocenters.